The molecule has 0 saturated carbocycles. The maximum Gasteiger partial charge on any atom is 0.309 e. The van der Waals surface area contributed by atoms with Crippen LogP contribution in [0.25, 0.3) is 10.9 Å². The van der Waals surface area contributed by atoms with Crippen LogP contribution in [0.5, 0.6) is 5.75 Å². The van der Waals surface area contributed by atoms with E-state index < -0.39 is 8.32 Å². The van der Waals surface area contributed by atoms with E-state index in [0.717, 1.165) is 34.1 Å². The van der Waals surface area contributed by atoms with Crippen molar-refractivity contribution in [1.82, 2.24) is 10.3 Å². The van der Waals surface area contributed by atoms with E-state index in [1.807, 2.05) is 54.6 Å². The van der Waals surface area contributed by atoms with Crippen LogP contribution >= 0.6 is 0 Å². The zero-order valence-corrected chi connectivity index (χ0v) is 28.0. The van der Waals surface area contributed by atoms with Crippen molar-refractivity contribution in [1.29, 1.82) is 0 Å². The fourth-order valence-electron chi connectivity index (χ4n) is 4.97. The lowest BCUT2D eigenvalue weighted by Crippen LogP contribution is -2.44. The van der Waals surface area contributed by atoms with Gasteiger partial charge in [-0.05, 0) is 65.9 Å². The number of H-pyrrole nitrogens is 1. The second kappa shape index (κ2) is 14.4. The normalized spacial score (nSPS) is 13.4. The number of aromatic amines is 1. The third kappa shape index (κ3) is 8.68. The Bertz CT molecular complexity index is 1610. The summed E-state index contributed by atoms with van der Waals surface area (Å²) in [5, 5.41) is 4.63. The molecule has 1 heterocycles. The molecule has 7 nitrogen and oxygen atoms in total. The molecule has 2 N–H and O–H groups in total. The highest BCUT2D eigenvalue weighted by Crippen LogP contribution is 2.41. The van der Waals surface area contributed by atoms with Crippen molar-refractivity contribution in [2.24, 2.45) is 0 Å². The molecule has 0 spiro atoms. The van der Waals surface area contributed by atoms with Crippen molar-refractivity contribution in [3.63, 3.8) is 0 Å². The van der Waals surface area contributed by atoms with Crippen LogP contribution in [0.1, 0.15) is 56.1 Å². The topological polar surface area (TPSA) is 89.7 Å². The van der Waals surface area contributed by atoms with Crippen LogP contribution in [0.4, 0.5) is 0 Å². The lowest BCUT2D eigenvalue weighted by Gasteiger charge is -2.40. The van der Waals surface area contributed by atoms with Gasteiger partial charge in [0.25, 0.3) is 0 Å². The summed E-state index contributed by atoms with van der Waals surface area (Å²) in [4.78, 5) is 27.3. The van der Waals surface area contributed by atoms with Crippen LogP contribution in [0.2, 0.25) is 18.1 Å². The number of fused-ring (bicyclic) bond motifs is 1. The summed E-state index contributed by atoms with van der Waals surface area (Å²) >= 11 is 0. The van der Waals surface area contributed by atoms with E-state index in [1.54, 1.807) is 6.07 Å². The molecular weight excluding hydrogens is 568 g/mol. The van der Waals surface area contributed by atoms with Crippen molar-refractivity contribution in [3.05, 3.63) is 111 Å². The zero-order valence-electron chi connectivity index (χ0n) is 27.0. The first-order valence-electron chi connectivity index (χ1n) is 15.2. The van der Waals surface area contributed by atoms with Gasteiger partial charge in [0.15, 0.2) is 8.32 Å². The maximum atomic E-state index is 12.5. The average Bonchev–Trinajstić information content (AvgIpc) is 2.98. The molecular formula is C36H46N2O5Si. The van der Waals surface area contributed by atoms with Crippen LogP contribution in [0.3, 0.4) is 0 Å². The number of carbonyl (C=O) groups excluding carboxylic acids is 1. The second-order valence-corrected chi connectivity index (χ2v) is 17.7. The number of methoxy groups -OCH3 is 1. The van der Waals surface area contributed by atoms with E-state index in [9.17, 15) is 9.59 Å². The quantitative estimate of drug-likeness (QED) is 0.123. The predicted molar refractivity (Wildman–Crippen MR) is 180 cm³/mol. The van der Waals surface area contributed by atoms with Gasteiger partial charge >= 0.3 is 5.97 Å². The summed E-state index contributed by atoms with van der Waals surface area (Å²) < 4.78 is 18.1. The molecule has 4 rings (SSSR count). The van der Waals surface area contributed by atoms with Crippen LogP contribution in [-0.4, -0.2) is 39.0 Å². The number of hydrogen-bond donors (Lipinski definition) is 2. The van der Waals surface area contributed by atoms with Gasteiger partial charge in [-0.25, -0.2) is 0 Å². The van der Waals surface area contributed by atoms with Crippen molar-refractivity contribution >= 4 is 25.2 Å². The summed E-state index contributed by atoms with van der Waals surface area (Å²) in [5.74, 6) is 0.383. The van der Waals surface area contributed by atoms with Gasteiger partial charge in [0.05, 0.1) is 25.2 Å². The number of nitrogens with one attached hydrogen (secondary N) is 2. The highest BCUT2D eigenvalue weighted by atomic mass is 28.4. The van der Waals surface area contributed by atoms with Gasteiger partial charge in [0, 0.05) is 24.0 Å². The summed E-state index contributed by atoms with van der Waals surface area (Å²) in [7, 11) is -0.773. The predicted octanol–water partition coefficient (Wildman–Crippen LogP) is 7.11. The second-order valence-electron chi connectivity index (χ2n) is 13.0. The highest BCUT2D eigenvalue weighted by Gasteiger charge is 2.40. The Kier molecular flexibility index (Phi) is 10.8. The van der Waals surface area contributed by atoms with E-state index in [0.29, 0.717) is 24.4 Å². The molecule has 0 saturated heterocycles. The van der Waals surface area contributed by atoms with Gasteiger partial charge in [-0.2, -0.15) is 0 Å². The van der Waals surface area contributed by atoms with Crippen LogP contribution < -0.4 is 15.6 Å². The first-order valence-corrected chi connectivity index (χ1v) is 18.2. The minimum absolute atomic E-state index is 0.0137. The van der Waals surface area contributed by atoms with Crippen LogP contribution in [0.15, 0.2) is 83.7 Å². The standard InChI is InChI=1S/C36H46N2O5Si/c1-25(20-27-14-11-15-28(21-27)22-34(40)41-5)37-23-32(43-44(6,7)36(2,3)4)29-16-18-31(35-30(29)17-19-33(39)38-35)42-24-26-12-9-8-10-13-26/h8-19,21,25,32,37H,20,22-24H2,1-7H3,(H,38,39)/t25-,32+/m1/s1. The molecule has 0 radical (unpaired) electrons. The van der Waals surface area contributed by atoms with Crippen molar-refractivity contribution in [2.45, 2.75) is 77.4 Å². The van der Waals surface area contributed by atoms with Gasteiger partial charge in [-0.1, -0.05) is 81.4 Å². The highest BCUT2D eigenvalue weighted by molar-refractivity contribution is 6.74. The molecule has 44 heavy (non-hydrogen) atoms. The molecule has 0 fully saturated rings. The Hall–Kier alpha value is -3.72. The van der Waals surface area contributed by atoms with E-state index in [1.165, 1.54) is 7.11 Å². The van der Waals surface area contributed by atoms with E-state index in [-0.39, 0.29) is 35.1 Å². The van der Waals surface area contributed by atoms with Crippen LogP contribution in [0, 0.1) is 0 Å². The molecule has 0 amide bonds. The number of rotatable bonds is 13. The minimum Gasteiger partial charge on any atom is -0.487 e. The minimum atomic E-state index is -2.18. The van der Waals surface area contributed by atoms with Crippen molar-refractivity contribution in [3.8, 4) is 5.75 Å². The summed E-state index contributed by atoms with van der Waals surface area (Å²) in [5.41, 5.74) is 4.64. The number of hydrogen-bond acceptors (Lipinski definition) is 6. The summed E-state index contributed by atoms with van der Waals surface area (Å²) in [6, 6.07) is 25.7. The SMILES string of the molecule is COC(=O)Cc1cccc(C[C@@H](C)NC[C@H](O[Si](C)(C)C(C)(C)C)c2ccc(OCc3ccccc3)c3[nH]c(=O)ccc23)c1. The fourth-order valence-corrected chi connectivity index (χ4v) is 6.25. The molecule has 0 aliphatic heterocycles. The molecule has 4 aromatic rings. The Morgan fingerprint density at radius 3 is 2.34 bits per heavy atom. The Morgan fingerprint density at radius 2 is 1.64 bits per heavy atom. The molecule has 0 aliphatic carbocycles. The lowest BCUT2D eigenvalue weighted by molar-refractivity contribution is -0.139. The number of esters is 1. The summed E-state index contributed by atoms with van der Waals surface area (Å²) in [6.45, 7) is 14.4. The molecule has 2 atom stereocenters. The number of benzene rings is 3. The molecule has 3 aromatic carbocycles. The average molecular weight is 615 g/mol. The Labute approximate surface area is 262 Å². The zero-order chi connectivity index (χ0) is 31.9. The van der Waals surface area contributed by atoms with Gasteiger partial charge in [0.1, 0.15) is 12.4 Å². The van der Waals surface area contributed by atoms with Crippen molar-refractivity contribution < 1.29 is 18.7 Å². The maximum absolute atomic E-state index is 12.5. The number of carbonyl (C=O) groups is 1. The number of aromatic nitrogens is 1. The molecule has 0 aliphatic rings. The van der Waals surface area contributed by atoms with Crippen LogP contribution in [-0.2, 0) is 33.4 Å². The molecule has 1 aromatic heterocycles. The smallest absolute Gasteiger partial charge is 0.309 e. The largest absolute Gasteiger partial charge is 0.487 e. The Morgan fingerprint density at radius 1 is 0.932 bits per heavy atom. The third-order valence-electron chi connectivity index (χ3n) is 8.48. The van der Waals surface area contributed by atoms with E-state index >= 15 is 0 Å². The fraction of sp³-hybridized carbons (Fsp3) is 0.389. The number of ether oxygens (including phenoxy) is 2. The van der Waals surface area contributed by atoms with E-state index in [4.69, 9.17) is 13.9 Å². The van der Waals surface area contributed by atoms with Gasteiger partial charge in [0.2, 0.25) is 5.56 Å². The monoisotopic (exact) mass is 614 g/mol. The first-order chi connectivity index (χ1) is 20.9. The molecule has 8 heteroatoms. The van der Waals surface area contributed by atoms with Gasteiger partial charge in [-0.15, -0.1) is 0 Å². The van der Waals surface area contributed by atoms with Gasteiger partial charge in [-0.3, -0.25) is 9.59 Å². The molecule has 234 valence electrons. The lowest BCUT2D eigenvalue weighted by atomic mass is 10.0. The first kappa shape index (κ1) is 33.2. The summed E-state index contributed by atoms with van der Waals surface area (Å²) in [6.07, 6.45) is 0.803. The van der Waals surface area contributed by atoms with Crippen molar-refractivity contribution in [2.75, 3.05) is 13.7 Å². The molecule has 0 unspecified atom stereocenters. The van der Waals surface area contributed by atoms with Gasteiger partial charge < -0.3 is 24.2 Å². The Balaban J connectivity index is 1.60. The van der Waals surface area contributed by atoms with E-state index in [2.05, 4.69) is 69.3 Å². The molecule has 0 bridgehead atoms. The number of pyridine rings is 1. The third-order valence-corrected chi connectivity index (χ3v) is 13.0.